The molecule has 0 bridgehead atoms. The quantitative estimate of drug-likeness (QED) is 0.425. The third-order valence-electron chi connectivity index (χ3n) is 1.67. The second-order valence-corrected chi connectivity index (χ2v) is 5.27. The van der Waals surface area contributed by atoms with E-state index in [0.29, 0.717) is 0 Å². The number of nitrogens with one attached hydrogen (secondary N) is 2. The van der Waals surface area contributed by atoms with Crippen LogP contribution in [0.3, 0.4) is 0 Å². The molecule has 0 radical (unpaired) electrons. The van der Waals surface area contributed by atoms with E-state index in [1.54, 1.807) is 13.8 Å². The molecule has 0 aromatic carbocycles. The molecule has 100 valence electrons. The monoisotopic (exact) mass is 267 g/mol. The maximum absolute atomic E-state index is 11.4. The average molecular weight is 267 g/mol. The molecule has 0 aliphatic carbocycles. The highest BCUT2D eigenvalue weighted by molar-refractivity contribution is 7.87. The predicted molar refractivity (Wildman–Crippen MR) is 60.2 cm³/mol. The first-order chi connectivity index (χ1) is 7.64. The van der Waals surface area contributed by atoms with Crippen LogP contribution in [0.5, 0.6) is 0 Å². The van der Waals surface area contributed by atoms with Gasteiger partial charge in [-0.15, -0.1) is 0 Å². The van der Waals surface area contributed by atoms with Crippen molar-refractivity contribution in [2.75, 3.05) is 0 Å². The molecule has 0 aliphatic rings. The lowest BCUT2D eigenvalue weighted by Gasteiger charge is -2.15. The molecule has 0 aliphatic heterocycles. The Bertz CT molecular complexity index is 379. The first-order valence-electron chi connectivity index (χ1n) is 4.94. The van der Waals surface area contributed by atoms with Gasteiger partial charge in [0.15, 0.2) is 0 Å². The van der Waals surface area contributed by atoms with E-state index in [1.807, 2.05) is 4.72 Å². The summed E-state index contributed by atoms with van der Waals surface area (Å²) < 4.78 is 26.9. The summed E-state index contributed by atoms with van der Waals surface area (Å²) in [5.41, 5.74) is 4.86. The Morgan fingerprint density at radius 1 is 1.29 bits per heavy atom. The van der Waals surface area contributed by atoms with Crippen molar-refractivity contribution in [2.24, 2.45) is 5.73 Å². The van der Waals surface area contributed by atoms with E-state index in [1.165, 1.54) is 0 Å². The molecule has 1 unspecified atom stereocenters. The first-order valence-corrected chi connectivity index (χ1v) is 6.43. The number of hydrogen-bond donors (Lipinski definition) is 4. The van der Waals surface area contributed by atoms with Gasteiger partial charge in [-0.3, -0.25) is 9.59 Å². The van der Waals surface area contributed by atoms with Gasteiger partial charge in [0.25, 0.3) is 10.2 Å². The van der Waals surface area contributed by atoms with Crippen molar-refractivity contribution < 1.29 is 23.1 Å². The third-order valence-corrected chi connectivity index (χ3v) is 3.04. The Kier molecular flexibility index (Phi) is 6.07. The number of carbonyl (C=O) groups is 2. The van der Waals surface area contributed by atoms with Crippen molar-refractivity contribution in [1.82, 2.24) is 9.44 Å². The number of aliphatic carboxylic acids is 1. The second kappa shape index (κ2) is 6.52. The van der Waals surface area contributed by atoms with Gasteiger partial charge in [-0.2, -0.15) is 17.9 Å². The second-order valence-electron chi connectivity index (χ2n) is 3.79. The summed E-state index contributed by atoms with van der Waals surface area (Å²) in [4.78, 5) is 21.3. The van der Waals surface area contributed by atoms with Crippen molar-refractivity contribution >= 4 is 22.1 Å². The molecule has 0 spiro atoms. The fraction of sp³-hybridized carbons (Fsp3) is 0.750. The molecule has 0 fully saturated rings. The molecule has 8 nitrogen and oxygen atoms in total. The maximum atomic E-state index is 11.4. The number of carboxylic acids is 1. The highest BCUT2D eigenvalue weighted by atomic mass is 32.2. The normalized spacial score (nSPS) is 13.6. The van der Waals surface area contributed by atoms with Gasteiger partial charge in [-0.25, -0.2) is 0 Å². The molecule has 5 N–H and O–H groups in total. The fourth-order valence-electron chi connectivity index (χ4n) is 1.05. The van der Waals surface area contributed by atoms with Crippen LogP contribution in [-0.2, 0) is 19.8 Å². The van der Waals surface area contributed by atoms with Crippen molar-refractivity contribution in [3.05, 3.63) is 0 Å². The lowest BCUT2D eigenvalue weighted by atomic mass is 10.2. The lowest BCUT2D eigenvalue weighted by molar-refractivity contribution is -0.139. The fourth-order valence-corrected chi connectivity index (χ4v) is 2.33. The molecule has 0 rings (SSSR count). The van der Waals surface area contributed by atoms with Crippen LogP contribution >= 0.6 is 0 Å². The van der Waals surface area contributed by atoms with Crippen LogP contribution in [0.15, 0.2) is 0 Å². The number of amides is 1. The lowest BCUT2D eigenvalue weighted by Crippen LogP contribution is -2.48. The van der Waals surface area contributed by atoms with Gasteiger partial charge in [0.1, 0.15) is 6.04 Å². The Morgan fingerprint density at radius 2 is 1.82 bits per heavy atom. The van der Waals surface area contributed by atoms with Gasteiger partial charge >= 0.3 is 5.97 Å². The minimum atomic E-state index is -3.91. The summed E-state index contributed by atoms with van der Waals surface area (Å²) in [6.45, 7) is 3.19. The molecular weight excluding hydrogens is 250 g/mol. The summed E-state index contributed by atoms with van der Waals surface area (Å²) in [7, 11) is -3.91. The third kappa shape index (κ3) is 7.66. The molecular formula is C8H17N3O5S. The molecule has 0 aromatic heterocycles. The van der Waals surface area contributed by atoms with E-state index in [2.05, 4.69) is 4.72 Å². The molecule has 17 heavy (non-hydrogen) atoms. The molecule has 0 aromatic rings. The largest absolute Gasteiger partial charge is 0.480 e. The molecule has 9 heteroatoms. The molecule has 1 atom stereocenters. The number of hydrogen-bond acceptors (Lipinski definition) is 4. The standard InChI is InChI=1S/C8H17N3O5S/c1-5(2)10-17(15,16)11-6(8(13)14)3-4-7(9)12/h5-6,10-11H,3-4H2,1-2H3,(H2,9,12)(H,13,14). The molecule has 0 saturated carbocycles. The Hall–Kier alpha value is -1.19. The Balaban J connectivity index is 4.54. The zero-order chi connectivity index (χ0) is 13.6. The maximum Gasteiger partial charge on any atom is 0.321 e. The van der Waals surface area contributed by atoms with Crippen LogP contribution in [0, 0.1) is 0 Å². The zero-order valence-electron chi connectivity index (χ0n) is 9.63. The van der Waals surface area contributed by atoms with E-state index in [4.69, 9.17) is 10.8 Å². The first kappa shape index (κ1) is 15.8. The van der Waals surface area contributed by atoms with Gasteiger partial charge in [0.2, 0.25) is 5.91 Å². The summed E-state index contributed by atoms with van der Waals surface area (Å²) >= 11 is 0. The molecule has 0 saturated heterocycles. The average Bonchev–Trinajstić information content (AvgIpc) is 2.09. The zero-order valence-corrected chi connectivity index (χ0v) is 10.5. The van der Waals surface area contributed by atoms with E-state index < -0.39 is 28.1 Å². The Morgan fingerprint density at radius 3 is 2.18 bits per heavy atom. The smallest absolute Gasteiger partial charge is 0.321 e. The summed E-state index contributed by atoms with van der Waals surface area (Å²) in [5, 5.41) is 8.78. The minimum Gasteiger partial charge on any atom is -0.480 e. The summed E-state index contributed by atoms with van der Waals surface area (Å²) in [6, 6.07) is -1.74. The van der Waals surface area contributed by atoms with Crippen molar-refractivity contribution in [2.45, 2.75) is 38.8 Å². The SMILES string of the molecule is CC(C)NS(=O)(=O)NC(CCC(N)=O)C(=O)O. The van der Waals surface area contributed by atoms with Crippen molar-refractivity contribution in [3.63, 3.8) is 0 Å². The van der Waals surface area contributed by atoms with Crippen molar-refractivity contribution in [3.8, 4) is 0 Å². The Labute approximate surface area is 99.7 Å². The van der Waals surface area contributed by atoms with Crippen LogP contribution in [-0.4, -0.2) is 37.5 Å². The van der Waals surface area contributed by atoms with E-state index in [-0.39, 0.29) is 18.9 Å². The van der Waals surface area contributed by atoms with Crippen LogP contribution in [0.4, 0.5) is 0 Å². The van der Waals surface area contributed by atoms with Crippen LogP contribution in [0.25, 0.3) is 0 Å². The number of carbonyl (C=O) groups excluding carboxylic acids is 1. The summed E-state index contributed by atoms with van der Waals surface area (Å²) in [6.07, 6.45) is -0.398. The van der Waals surface area contributed by atoms with Crippen LogP contribution in [0.1, 0.15) is 26.7 Å². The van der Waals surface area contributed by atoms with E-state index in [0.717, 1.165) is 0 Å². The van der Waals surface area contributed by atoms with Crippen LogP contribution < -0.4 is 15.2 Å². The van der Waals surface area contributed by atoms with Gasteiger partial charge in [0, 0.05) is 12.5 Å². The van der Waals surface area contributed by atoms with E-state index in [9.17, 15) is 18.0 Å². The van der Waals surface area contributed by atoms with Gasteiger partial charge in [-0.05, 0) is 20.3 Å². The molecule has 1 amide bonds. The number of carboxylic acid groups (broad SMARTS) is 1. The number of nitrogens with two attached hydrogens (primary N) is 1. The molecule has 0 heterocycles. The highest BCUT2D eigenvalue weighted by Gasteiger charge is 2.24. The van der Waals surface area contributed by atoms with Crippen LogP contribution in [0.2, 0.25) is 0 Å². The topological polar surface area (TPSA) is 139 Å². The van der Waals surface area contributed by atoms with Gasteiger partial charge in [-0.1, -0.05) is 0 Å². The highest BCUT2D eigenvalue weighted by Crippen LogP contribution is 1.99. The van der Waals surface area contributed by atoms with Crippen molar-refractivity contribution in [1.29, 1.82) is 0 Å². The van der Waals surface area contributed by atoms with Gasteiger partial charge in [0.05, 0.1) is 0 Å². The number of primary amides is 1. The van der Waals surface area contributed by atoms with E-state index >= 15 is 0 Å². The predicted octanol–water partition coefficient (Wildman–Crippen LogP) is -1.46. The number of rotatable bonds is 8. The van der Waals surface area contributed by atoms with Gasteiger partial charge < -0.3 is 10.8 Å². The summed E-state index contributed by atoms with van der Waals surface area (Å²) in [5.74, 6) is -2.05. The minimum absolute atomic E-state index is 0.191.